The molecule has 30 heavy (non-hydrogen) atoms. The van der Waals surface area contributed by atoms with Crippen LogP contribution in [0.15, 0.2) is 59.4 Å². The van der Waals surface area contributed by atoms with E-state index in [9.17, 15) is 9.59 Å². The fraction of sp³-hybridized carbons (Fsp3) is 0.250. The SMILES string of the molecule is Cc1ccc(N2CCN(C(=O)c3cc4c(=O)[nH]c5ccccc5c4s3)C[C@@H]2C)cc1. The fourth-order valence-corrected chi connectivity index (χ4v) is 5.43. The summed E-state index contributed by atoms with van der Waals surface area (Å²) < 4.78 is 0.879. The average molecular weight is 418 g/mol. The number of para-hydroxylation sites is 1. The molecule has 1 aliphatic rings. The van der Waals surface area contributed by atoms with Crippen LogP contribution in [0.25, 0.3) is 21.0 Å². The van der Waals surface area contributed by atoms with Crippen molar-refractivity contribution >= 4 is 43.9 Å². The van der Waals surface area contributed by atoms with Crippen molar-refractivity contribution in [2.24, 2.45) is 0 Å². The largest absolute Gasteiger partial charge is 0.365 e. The van der Waals surface area contributed by atoms with Crippen molar-refractivity contribution in [3.8, 4) is 0 Å². The molecule has 1 N–H and O–H groups in total. The Morgan fingerprint density at radius 3 is 2.60 bits per heavy atom. The Labute approximate surface area is 178 Å². The summed E-state index contributed by atoms with van der Waals surface area (Å²) in [7, 11) is 0. The van der Waals surface area contributed by atoms with E-state index in [-0.39, 0.29) is 17.5 Å². The first kappa shape index (κ1) is 18.9. The smallest absolute Gasteiger partial charge is 0.264 e. The molecular formula is C24H23N3O2S. The van der Waals surface area contributed by atoms with Gasteiger partial charge in [-0.1, -0.05) is 35.9 Å². The highest BCUT2D eigenvalue weighted by atomic mass is 32.1. The van der Waals surface area contributed by atoms with E-state index in [1.54, 1.807) is 6.07 Å². The van der Waals surface area contributed by atoms with Crippen molar-refractivity contribution in [2.45, 2.75) is 19.9 Å². The van der Waals surface area contributed by atoms with E-state index in [2.05, 4.69) is 48.0 Å². The molecule has 2 aromatic carbocycles. The van der Waals surface area contributed by atoms with Crippen molar-refractivity contribution in [2.75, 3.05) is 24.5 Å². The summed E-state index contributed by atoms with van der Waals surface area (Å²) in [6.07, 6.45) is 0. The molecule has 1 fully saturated rings. The van der Waals surface area contributed by atoms with Crippen LogP contribution in [0.5, 0.6) is 0 Å². The summed E-state index contributed by atoms with van der Waals surface area (Å²) in [5.41, 5.74) is 3.10. The Morgan fingerprint density at radius 2 is 1.83 bits per heavy atom. The number of thiophene rings is 1. The van der Waals surface area contributed by atoms with Crippen molar-refractivity contribution in [3.05, 3.63) is 75.4 Å². The van der Waals surface area contributed by atoms with Gasteiger partial charge in [0.05, 0.1) is 10.3 Å². The average Bonchev–Trinajstić information content (AvgIpc) is 3.20. The predicted octanol–water partition coefficient (Wildman–Crippen LogP) is 4.40. The van der Waals surface area contributed by atoms with Gasteiger partial charge < -0.3 is 14.8 Å². The summed E-state index contributed by atoms with van der Waals surface area (Å²) in [5.74, 6) is 0.00934. The molecular weight excluding hydrogens is 394 g/mol. The second-order valence-electron chi connectivity index (χ2n) is 7.98. The number of carbonyl (C=O) groups excluding carboxylic acids is 1. The molecule has 0 aliphatic carbocycles. The van der Waals surface area contributed by atoms with Gasteiger partial charge in [-0.05, 0) is 38.1 Å². The molecule has 0 unspecified atom stereocenters. The number of aromatic amines is 1. The second-order valence-corrected chi connectivity index (χ2v) is 9.03. The number of aromatic nitrogens is 1. The molecule has 0 bridgehead atoms. The van der Waals surface area contributed by atoms with Crippen LogP contribution in [-0.2, 0) is 0 Å². The highest BCUT2D eigenvalue weighted by Gasteiger charge is 2.28. The van der Waals surface area contributed by atoms with Crippen molar-refractivity contribution in [3.63, 3.8) is 0 Å². The van der Waals surface area contributed by atoms with Gasteiger partial charge in [-0.25, -0.2) is 0 Å². The van der Waals surface area contributed by atoms with Crippen LogP contribution >= 0.6 is 11.3 Å². The highest BCUT2D eigenvalue weighted by Crippen LogP contribution is 2.31. The molecule has 152 valence electrons. The third-order valence-electron chi connectivity index (χ3n) is 5.89. The maximum Gasteiger partial charge on any atom is 0.264 e. The number of H-pyrrole nitrogens is 1. The van der Waals surface area contributed by atoms with Crippen molar-refractivity contribution in [1.29, 1.82) is 0 Å². The number of amides is 1. The zero-order chi connectivity index (χ0) is 20.8. The summed E-state index contributed by atoms with van der Waals surface area (Å²) >= 11 is 1.42. The standard InChI is InChI=1S/C24H23N3O2S/c1-15-7-9-17(10-8-15)27-12-11-26(14-16(27)2)24(29)21-13-19-22(30-21)18-5-3-4-6-20(18)25-23(19)28/h3-10,13,16H,11-12,14H2,1-2H3,(H,25,28)/t16-/m0/s1. The predicted molar refractivity (Wildman–Crippen MR) is 124 cm³/mol. The normalized spacial score (nSPS) is 17.1. The van der Waals surface area contributed by atoms with Crippen LogP contribution in [0.1, 0.15) is 22.2 Å². The van der Waals surface area contributed by atoms with Gasteiger partial charge in [-0.15, -0.1) is 11.3 Å². The lowest BCUT2D eigenvalue weighted by atomic mass is 10.1. The molecule has 6 heteroatoms. The number of anilines is 1. The van der Waals surface area contributed by atoms with Crippen LogP contribution in [0, 0.1) is 6.92 Å². The topological polar surface area (TPSA) is 56.4 Å². The zero-order valence-corrected chi connectivity index (χ0v) is 17.8. The Balaban J connectivity index is 1.42. The minimum Gasteiger partial charge on any atom is -0.365 e. The number of carbonyl (C=O) groups is 1. The van der Waals surface area contributed by atoms with E-state index in [0.29, 0.717) is 23.4 Å². The van der Waals surface area contributed by atoms with Gasteiger partial charge >= 0.3 is 0 Å². The number of piperazine rings is 1. The number of rotatable bonds is 2. The number of hydrogen-bond donors (Lipinski definition) is 1. The first-order valence-corrected chi connectivity index (χ1v) is 11.0. The van der Waals surface area contributed by atoms with E-state index in [4.69, 9.17) is 0 Å². The lowest BCUT2D eigenvalue weighted by Crippen LogP contribution is -2.53. The Bertz CT molecular complexity index is 1310. The number of nitrogens with one attached hydrogen (secondary N) is 1. The Hall–Kier alpha value is -3.12. The molecule has 1 amide bonds. The third-order valence-corrected chi connectivity index (χ3v) is 7.04. The number of aryl methyl sites for hydroxylation is 1. The number of fused-ring (bicyclic) bond motifs is 3. The molecule has 5 nitrogen and oxygen atoms in total. The van der Waals surface area contributed by atoms with Gasteiger partial charge in [-0.3, -0.25) is 9.59 Å². The van der Waals surface area contributed by atoms with Crippen LogP contribution in [0.2, 0.25) is 0 Å². The van der Waals surface area contributed by atoms with Gasteiger partial charge in [0.15, 0.2) is 0 Å². The summed E-state index contributed by atoms with van der Waals surface area (Å²) in [5, 5.41) is 1.57. The van der Waals surface area contributed by atoms with E-state index in [0.717, 1.165) is 22.1 Å². The first-order valence-electron chi connectivity index (χ1n) is 10.2. The van der Waals surface area contributed by atoms with Crippen LogP contribution < -0.4 is 10.5 Å². The zero-order valence-electron chi connectivity index (χ0n) is 17.0. The molecule has 2 aromatic heterocycles. The monoisotopic (exact) mass is 417 g/mol. The highest BCUT2D eigenvalue weighted by molar-refractivity contribution is 7.21. The summed E-state index contributed by atoms with van der Waals surface area (Å²) in [6, 6.07) is 18.3. The molecule has 1 saturated heterocycles. The van der Waals surface area contributed by atoms with Gasteiger partial charge in [0.25, 0.3) is 11.5 Å². The minimum atomic E-state index is -0.142. The van der Waals surface area contributed by atoms with Gasteiger partial charge in [0.1, 0.15) is 0 Å². The fourth-order valence-electron chi connectivity index (χ4n) is 4.26. The van der Waals surface area contributed by atoms with Crippen LogP contribution in [0.3, 0.4) is 0 Å². The van der Waals surface area contributed by atoms with E-state index in [1.807, 2.05) is 29.2 Å². The van der Waals surface area contributed by atoms with Crippen LogP contribution in [-0.4, -0.2) is 41.5 Å². The number of hydrogen-bond acceptors (Lipinski definition) is 4. The van der Waals surface area contributed by atoms with E-state index in [1.165, 1.54) is 22.6 Å². The van der Waals surface area contributed by atoms with E-state index >= 15 is 0 Å². The van der Waals surface area contributed by atoms with Gasteiger partial charge in [0, 0.05) is 47.0 Å². The Morgan fingerprint density at radius 1 is 1.07 bits per heavy atom. The quantitative estimate of drug-likeness (QED) is 0.526. The minimum absolute atomic E-state index is 0.00934. The molecule has 4 aromatic rings. The van der Waals surface area contributed by atoms with E-state index < -0.39 is 0 Å². The van der Waals surface area contributed by atoms with Crippen LogP contribution in [0.4, 0.5) is 5.69 Å². The second kappa shape index (κ2) is 7.29. The molecule has 5 rings (SSSR count). The Kier molecular flexibility index (Phi) is 4.59. The lowest BCUT2D eigenvalue weighted by Gasteiger charge is -2.41. The molecule has 0 saturated carbocycles. The number of pyridine rings is 1. The lowest BCUT2D eigenvalue weighted by molar-refractivity contribution is 0.0731. The third kappa shape index (κ3) is 3.17. The van der Waals surface area contributed by atoms with Gasteiger partial charge in [-0.2, -0.15) is 0 Å². The first-order chi connectivity index (χ1) is 14.5. The number of benzene rings is 2. The summed E-state index contributed by atoms with van der Waals surface area (Å²) in [4.78, 5) is 33.6. The molecule has 1 atom stereocenters. The van der Waals surface area contributed by atoms with Gasteiger partial charge in [0.2, 0.25) is 0 Å². The molecule has 0 spiro atoms. The maximum atomic E-state index is 13.3. The molecule has 3 heterocycles. The van der Waals surface area contributed by atoms with Crippen molar-refractivity contribution < 1.29 is 4.79 Å². The molecule has 1 aliphatic heterocycles. The van der Waals surface area contributed by atoms with Crippen molar-refractivity contribution in [1.82, 2.24) is 9.88 Å². The number of nitrogens with zero attached hydrogens (tertiary/aromatic N) is 2. The maximum absolute atomic E-state index is 13.3. The molecule has 0 radical (unpaired) electrons. The summed E-state index contributed by atoms with van der Waals surface area (Å²) in [6.45, 7) is 6.37.